The second-order valence-corrected chi connectivity index (χ2v) is 6.24. The van der Waals surface area contributed by atoms with Crippen LogP contribution in [0.4, 0.5) is 5.69 Å². The molecule has 6 heteroatoms. The zero-order chi connectivity index (χ0) is 17.6. The molecule has 0 aliphatic carbocycles. The van der Waals surface area contributed by atoms with Crippen molar-refractivity contribution < 1.29 is 14.0 Å². The molecule has 2 heterocycles. The summed E-state index contributed by atoms with van der Waals surface area (Å²) < 4.78 is 5.57. The van der Waals surface area contributed by atoms with Gasteiger partial charge in [-0.15, -0.1) is 0 Å². The Morgan fingerprint density at radius 2 is 1.88 bits per heavy atom. The summed E-state index contributed by atoms with van der Waals surface area (Å²) >= 11 is 0. The second-order valence-electron chi connectivity index (χ2n) is 6.24. The minimum Gasteiger partial charge on any atom is -0.468 e. The Labute approximate surface area is 147 Å². The molecule has 1 fully saturated rings. The van der Waals surface area contributed by atoms with Gasteiger partial charge in [-0.25, -0.2) is 0 Å². The molecule has 1 unspecified atom stereocenters. The maximum Gasteiger partial charge on any atom is 0.251 e. The number of benzene rings is 1. The zero-order valence-electron chi connectivity index (χ0n) is 14.3. The molecule has 0 bridgehead atoms. The fraction of sp³-hybridized carbons (Fsp3) is 0.368. The summed E-state index contributed by atoms with van der Waals surface area (Å²) in [5, 5.41) is 5.68. The lowest BCUT2D eigenvalue weighted by molar-refractivity contribution is -0.114. The largest absolute Gasteiger partial charge is 0.468 e. The van der Waals surface area contributed by atoms with E-state index in [4.69, 9.17) is 4.42 Å². The highest BCUT2D eigenvalue weighted by atomic mass is 16.3. The van der Waals surface area contributed by atoms with Crippen molar-refractivity contribution in [1.29, 1.82) is 0 Å². The number of carbonyl (C=O) groups excluding carboxylic acids is 2. The number of anilines is 1. The molecule has 1 aromatic carbocycles. The number of hydrogen-bond acceptors (Lipinski definition) is 4. The first kappa shape index (κ1) is 17.2. The molecule has 2 amide bonds. The third kappa shape index (κ3) is 4.48. The molecule has 1 aromatic heterocycles. The molecule has 1 atom stereocenters. The fourth-order valence-electron chi connectivity index (χ4n) is 3.14. The Morgan fingerprint density at radius 1 is 1.16 bits per heavy atom. The van der Waals surface area contributed by atoms with Crippen LogP contribution in [0.25, 0.3) is 0 Å². The molecule has 3 rings (SSSR count). The van der Waals surface area contributed by atoms with Crippen molar-refractivity contribution in [2.75, 3.05) is 25.0 Å². The van der Waals surface area contributed by atoms with E-state index in [0.29, 0.717) is 17.8 Å². The number of hydrogen-bond donors (Lipinski definition) is 2. The maximum absolute atomic E-state index is 12.4. The van der Waals surface area contributed by atoms with Crippen LogP contribution in [0, 0.1) is 0 Å². The molecular formula is C19H23N3O3. The van der Waals surface area contributed by atoms with Gasteiger partial charge in [0.1, 0.15) is 5.76 Å². The number of nitrogens with zero attached hydrogens (tertiary/aromatic N) is 1. The van der Waals surface area contributed by atoms with Gasteiger partial charge >= 0.3 is 0 Å². The van der Waals surface area contributed by atoms with Crippen molar-refractivity contribution in [3.8, 4) is 0 Å². The van der Waals surface area contributed by atoms with Crippen molar-refractivity contribution in [3.63, 3.8) is 0 Å². The van der Waals surface area contributed by atoms with Gasteiger partial charge in [0.15, 0.2) is 0 Å². The lowest BCUT2D eigenvalue weighted by atomic mass is 10.1. The summed E-state index contributed by atoms with van der Waals surface area (Å²) in [4.78, 5) is 25.8. The van der Waals surface area contributed by atoms with E-state index in [-0.39, 0.29) is 17.9 Å². The summed E-state index contributed by atoms with van der Waals surface area (Å²) in [7, 11) is 0. The summed E-state index contributed by atoms with van der Waals surface area (Å²) in [5.74, 6) is 0.609. The number of nitrogens with one attached hydrogen (secondary N) is 2. The Bertz CT molecular complexity index is 704. The summed E-state index contributed by atoms with van der Waals surface area (Å²) in [6.45, 7) is 3.99. The van der Waals surface area contributed by atoms with Gasteiger partial charge in [0.2, 0.25) is 5.91 Å². The van der Waals surface area contributed by atoms with Crippen LogP contribution in [0.1, 0.15) is 41.9 Å². The second kappa shape index (κ2) is 7.98. The molecule has 132 valence electrons. The smallest absolute Gasteiger partial charge is 0.251 e. The van der Waals surface area contributed by atoms with Crippen molar-refractivity contribution in [2.45, 2.75) is 25.8 Å². The average Bonchev–Trinajstić information content (AvgIpc) is 3.29. The highest BCUT2D eigenvalue weighted by molar-refractivity contribution is 5.95. The predicted molar refractivity (Wildman–Crippen MR) is 95.3 cm³/mol. The van der Waals surface area contributed by atoms with Gasteiger partial charge < -0.3 is 15.1 Å². The normalized spacial score (nSPS) is 15.7. The van der Waals surface area contributed by atoms with Crippen molar-refractivity contribution in [2.24, 2.45) is 0 Å². The SMILES string of the molecule is CC(=O)Nc1ccc(C(=O)NCC(c2ccco2)N2CCCC2)cc1. The van der Waals surface area contributed by atoms with Gasteiger partial charge in [-0.1, -0.05) is 0 Å². The third-order valence-corrected chi connectivity index (χ3v) is 4.38. The van der Waals surface area contributed by atoms with Gasteiger partial charge in [0.25, 0.3) is 5.91 Å². The highest BCUT2D eigenvalue weighted by Gasteiger charge is 2.26. The Balaban J connectivity index is 1.62. The number of likely N-dealkylation sites (tertiary alicyclic amines) is 1. The van der Waals surface area contributed by atoms with Crippen LogP contribution in [0.2, 0.25) is 0 Å². The maximum atomic E-state index is 12.4. The summed E-state index contributed by atoms with van der Waals surface area (Å²) in [6.07, 6.45) is 4.02. The van der Waals surface area contributed by atoms with Gasteiger partial charge in [-0.3, -0.25) is 14.5 Å². The number of furan rings is 1. The van der Waals surface area contributed by atoms with Crippen LogP contribution >= 0.6 is 0 Å². The van der Waals surface area contributed by atoms with Crippen LogP contribution in [0.3, 0.4) is 0 Å². The minimum atomic E-state index is -0.135. The first-order valence-corrected chi connectivity index (χ1v) is 8.57. The first-order valence-electron chi connectivity index (χ1n) is 8.57. The van der Waals surface area contributed by atoms with E-state index in [1.807, 2.05) is 12.1 Å². The lowest BCUT2D eigenvalue weighted by Crippen LogP contribution is -2.36. The number of rotatable bonds is 6. The topological polar surface area (TPSA) is 74.6 Å². The van der Waals surface area contributed by atoms with Crippen molar-refractivity contribution in [1.82, 2.24) is 10.2 Å². The van der Waals surface area contributed by atoms with E-state index in [0.717, 1.165) is 18.8 Å². The summed E-state index contributed by atoms with van der Waals surface area (Å²) in [5.41, 5.74) is 1.24. The predicted octanol–water partition coefficient (Wildman–Crippen LogP) is 2.80. The Morgan fingerprint density at radius 3 is 2.48 bits per heavy atom. The van der Waals surface area contributed by atoms with E-state index >= 15 is 0 Å². The van der Waals surface area contributed by atoms with E-state index in [1.165, 1.54) is 19.8 Å². The van der Waals surface area contributed by atoms with Gasteiger partial charge in [-0.05, 0) is 62.3 Å². The molecule has 0 radical (unpaired) electrons. The van der Waals surface area contributed by atoms with Crippen LogP contribution in [0.5, 0.6) is 0 Å². The monoisotopic (exact) mass is 341 g/mol. The molecule has 1 aliphatic rings. The Hall–Kier alpha value is -2.60. The molecule has 2 aromatic rings. The summed E-state index contributed by atoms with van der Waals surface area (Å²) in [6, 6.07) is 10.7. The number of amides is 2. The van der Waals surface area contributed by atoms with E-state index in [1.54, 1.807) is 30.5 Å². The fourth-order valence-corrected chi connectivity index (χ4v) is 3.14. The van der Waals surface area contributed by atoms with Gasteiger partial charge in [0.05, 0.1) is 12.3 Å². The standard InChI is InChI=1S/C19H23N3O3/c1-14(23)21-16-8-6-15(7-9-16)19(24)20-13-17(18-5-4-12-25-18)22-10-2-3-11-22/h4-9,12,17H,2-3,10-11,13H2,1H3,(H,20,24)(H,21,23). The van der Waals surface area contributed by atoms with Crippen LogP contribution < -0.4 is 10.6 Å². The molecule has 0 spiro atoms. The lowest BCUT2D eigenvalue weighted by Gasteiger charge is -2.26. The molecular weight excluding hydrogens is 318 g/mol. The minimum absolute atomic E-state index is 0.0557. The molecule has 6 nitrogen and oxygen atoms in total. The third-order valence-electron chi connectivity index (χ3n) is 4.38. The molecule has 2 N–H and O–H groups in total. The zero-order valence-corrected chi connectivity index (χ0v) is 14.3. The highest BCUT2D eigenvalue weighted by Crippen LogP contribution is 2.25. The van der Waals surface area contributed by atoms with Crippen molar-refractivity contribution in [3.05, 3.63) is 54.0 Å². The number of carbonyl (C=O) groups is 2. The average molecular weight is 341 g/mol. The van der Waals surface area contributed by atoms with Crippen LogP contribution in [-0.4, -0.2) is 36.3 Å². The molecule has 1 aliphatic heterocycles. The first-order chi connectivity index (χ1) is 12.1. The Kier molecular flexibility index (Phi) is 5.50. The van der Waals surface area contributed by atoms with Crippen LogP contribution in [0.15, 0.2) is 47.1 Å². The van der Waals surface area contributed by atoms with E-state index < -0.39 is 0 Å². The van der Waals surface area contributed by atoms with Gasteiger partial charge in [-0.2, -0.15) is 0 Å². The molecule has 0 saturated carbocycles. The molecule has 1 saturated heterocycles. The van der Waals surface area contributed by atoms with Crippen LogP contribution in [-0.2, 0) is 4.79 Å². The van der Waals surface area contributed by atoms with Gasteiger partial charge in [0, 0.05) is 24.7 Å². The van der Waals surface area contributed by atoms with Crippen molar-refractivity contribution >= 4 is 17.5 Å². The quantitative estimate of drug-likeness (QED) is 0.847. The van der Waals surface area contributed by atoms with E-state index in [9.17, 15) is 9.59 Å². The van der Waals surface area contributed by atoms with E-state index in [2.05, 4.69) is 15.5 Å². The molecule has 25 heavy (non-hydrogen) atoms.